The van der Waals surface area contributed by atoms with E-state index in [4.69, 9.17) is 15.4 Å². The number of ether oxygens (including phenoxy) is 1. The van der Waals surface area contributed by atoms with Crippen LogP contribution in [0.2, 0.25) is 0 Å². The number of hydrogen-bond donors (Lipinski definition) is 2. The van der Waals surface area contributed by atoms with Crippen LogP contribution in [0, 0.1) is 0 Å². The topological polar surface area (TPSA) is 133 Å². The molecule has 0 amide bonds. The molecule has 2 rings (SSSR count). The SMILES string of the molecule is CCc1cn([C@@H]2O[C@H](CO)[C@@H](N=[N+]=[N-])[C@@H]2F)c(=O)[nH]c1=O. The zero-order chi connectivity index (χ0) is 15.6. The third-order valence-electron chi connectivity index (χ3n) is 3.36. The third-order valence-corrected chi connectivity index (χ3v) is 3.36. The zero-order valence-electron chi connectivity index (χ0n) is 11.1. The molecule has 4 atom stereocenters. The number of hydrogen-bond acceptors (Lipinski definition) is 5. The smallest absolute Gasteiger partial charge is 0.330 e. The van der Waals surface area contributed by atoms with Crippen LogP contribution in [0.5, 0.6) is 0 Å². The second-order valence-corrected chi connectivity index (χ2v) is 4.56. The van der Waals surface area contributed by atoms with E-state index in [9.17, 15) is 14.0 Å². The first kappa shape index (κ1) is 15.2. The van der Waals surface area contributed by atoms with E-state index in [0.29, 0.717) is 6.42 Å². The number of azide groups is 1. The molecule has 1 fully saturated rings. The largest absolute Gasteiger partial charge is 0.394 e. The molecule has 2 heterocycles. The number of aliphatic hydroxyl groups is 1. The molecule has 1 aromatic heterocycles. The first-order valence-electron chi connectivity index (χ1n) is 6.32. The summed E-state index contributed by atoms with van der Waals surface area (Å²) in [4.78, 5) is 27.9. The molecule has 1 aliphatic rings. The van der Waals surface area contributed by atoms with Crippen molar-refractivity contribution in [3.05, 3.63) is 43.0 Å². The molecule has 0 aromatic carbocycles. The first-order valence-corrected chi connectivity index (χ1v) is 6.32. The average Bonchev–Trinajstić information content (AvgIpc) is 2.77. The summed E-state index contributed by atoms with van der Waals surface area (Å²) in [6.45, 7) is 1.15. The minimum absolute atomic E-state index is 0.290. The van der Waals surface area contributed by atoms with Crippen molar-refractivity contribution < 1.29 is 14.2 Å². The van der Waals surface area contributed by atoms with Crippen LogP contribution in [-0.4, -0.2) is 39.6 Å². The molecular weight excluding hydrogens is 285 g/mol. The summed E-state index contributed by atoms with van der Waals surface area (Å²) in [5, 5.41) is 12.4. The Kier molecular flexibility index (Phi) is 4.41. The Bertz CT molecular complexity index is 680. The van der Waals surface area contributed by atoms with Gasteiger partial charge in [0, 0.05) is 16.7 Å². The minimum atomic E-state index is -1.81. The van der Waals surface area contributed by atoms with Crippen molar-refractivity contribution in [2.75, 3.05) is 6.61 Å². The number of H-pyrrole nitrogens is 1. The second kappa shape index (κ2) is 6.08. The van der Waals surface area contributed by atoms with Gasteiger partial charge in [-0.2, -0.15) is 0 Å². The van der Waals surface area contributed by atoms with Crippen LogP contribution < -0.4 is 11.2 Å². The predicted octanol–water partition coefficient (Wildman–Crippen LogP) is 0.00570. The normalized spacial score (nSPS) is 28.3. The Morgan fingerprint density at radius 3 is 2.90 bits per heavy atom. The lowest BCUT2D eigenvalue weighted by molar-refractivity contribution is -0.0404. The van der Waals surface area contributed by atoms with Crippen LogP contribution in [0.3, 0.4) is 0 Å². The van der Waals surface area contributed by atoms with Crippen LogP contribution in [0.4, 0.5) is 4.39 Å². The Morgan fingerprint density at radius 2 is 2.33 bits per heavy atom. The highest BCUT2D eigenvalue weighted by atomic mass is 19.1. The van der Waals surface area contributed by atoms with Crippen molar-refractivity contribution >= 4 is 0 Å². The number of alkyl halides is 1. The Balaban J connectivity index is 2.45. The van der Waals surface area contributed by atoms with Crippen molar-refractivity contribution in [2.45, 2.75) is 37.9 Å². The van der Waals surface area contributed by atoms with Crippen molar-refractivity contribution in [2.24, 2.45) is 5.11 Å². The van der Waals surface area contributed by atoms with Gasteiger partial charge in [0.1, 0.15) is 6.04 Å². The molecule has 0 bridgehead atoms. The van der Waals surface area contributed by atoms with Gasteiger partial charge in [0.05, 0.1) is 12.7 Å². The molecule has 1 saturated heterocycles. The molecule has 10 heteroatoms. The van der Waals surface area contributed by atoms with Gasteiger partial charge in [0.2, 0.25) is 0 Å². The van der Waals surface area contributed by atoms with Crippen LogP contribution in [0.1, 0.15) is 18.7 Å². The Hall–Kier alpha value is -2.16. The van der Waals surface area contributed by atoms with Crippen molar-refractivity contribution in [1.29, 1.82) is 0 Å². The van der Waals surface area contributed by atoms with Gasteiger partial charge < -0.3 is 9.84 Å². The third kappa shape index (κ3) is 2.68. The van der Waals surface area contributed by atoms with E-state index in [1.165, 1.54) is 6.20 Å². The lowest BCUT2D eigenvalue weighted by Crippen LogP contribution is -2.37. The quantitative estimate of drug-likeness (QED) is 0.460. The van der Waals surface area contributed by atoms with Gasteiger partial charge in [-0.1, -0.05) is 12.0 Å². The number of rotatable bonds is 4. The van der Waals surface area contributed by atoms with Crippen LogP contribution in [0.15, 0.2) is 20.9 Å². The number of aryl methyl sites for hydroxylation is 1. The zero-order valence-corrected chi connectivity index (χ0v) is 11.1. The highest BCUT2D eigenvalue weighted by Crippen LogP contribution is 2.32. The average molecular weight is 299 g/mol. The number of aromatic nitrogens is 2. The van der Waals surface area contributed by atoms with Gasteiger partial charge in [-0.15, -0.1) is 0 Å². The first-order chi connectivity index (χ1) is 10.0. The van der Waals surface area contributed by atoms with E-state index in [1.54, 1.807) is 6.92 Å². The fraction of sp³-hybridized carbons (Fsp3) is 0.636. The van der Waals surface area contributed by atoms with Gasteiger partial charge in [-0.3, -0.25) is 14.3 Å². The fourth-order valence-electron chi connectivity index (χ4n) is 2.24. The van der Waals surface area contributed by atoms with E-state index in [1.807, 2.05) is 0 Å². The molecule has 0 saturated carbocycles. The van der Waals surface area contributed by atoms with Gasteiger partial charge in [-0.05, 0) is 12.0 Å². The number of nitrogens with one attached hydrogen (secondary N) is 1. The lowest BCUT2D eigenvalue weighted by Gasteiger charge is -2.16. The highest BCUT2D eigenvalue weighted by molar-refractivity contribution is 5.06. The summed E-state index contributed by atoms with van der Waals surface area (Å²) >= 11 is 0. The van der Waals surface area contributed by atoms with E-state index in [2.05, 4.69) is 15.0 Å². The Labute approximate surface area is 117 Å². The molecule has 0 spiro atoms. The van der Waals surface area contributed by atoms with Crippen LogP contribution in [0.25, 0.3) is 10.4 Å². The van der Waals surface area contributed by atoms with Gasteiger partial charge >= 0.3 is 5.69 Å². The van der Waals surface area contributed by atoms with E-state index < -0.39 is 42.4 Å². The molecule has 0 aliphatic carbocycles. The minimum Gasteiger partial charge on any atom is -0.394 e. The summed E-state index contributed by atoms with van der Waals surface area (Å²) in [5.41, 5.74) is 7.34. The summed E-state index contributed by atoms with van der Waals surface area (Å²) in [6.07, 6.45) is -2.67. The maximum Gasteiger partial charge on any atom is 0.330 e. The predicted molar refractivity (Wildman–Crippen MR) is 69.5 cm³/mol. The monoisotopic (exact) mass is 299 g/mol. The number of aromatic amines is 1. The molecule has 1 aliphatic heterocycles. The van der Waals surface area contributed by atoms with Crippen LogP contribution in [-0.2, 0) is 11.2 Å². The summed E-state index contributed by atoms with van der Waals surface area (Å²) < 4.78 is 20.5. The maximum absolute atomic E-state index is 14.3. The maximum atomic E-state index is 14.3. The van der Waals surface area contributed by atoms with Gasteiger partial charge in [0.15, 0.2) is 12.4 Å². The molecular formula is C11H14FN5O4. The number of halogens is 1. The van der Waals surface area contributed by atoms with Gasteiger partial charge in [0.25, 0.3) is 5.56 Å². The van der Waals surface area contributed by atoms with Crippen molar-refractivity contribution in [1.82, 2.24) is 9.55 Å². The molecule has 21 heavy (non-hydrogen) atoms. The molecule has 0 radical (unpaired) electrons. The fourth-order valence-corrected chi connectivity index (χ4v) is 2.24. The molecule has 2 N–H and O–H groups in total. The van der Waals surface area contributed by atoms with E-state index in [0.717, 1.165) is 4.57 Å². The summed E-state index contributed by atoms with van der Waals surface area (Å²) in [6, 6.07) is -1.24. The summed E-state index contributed by atoms with van der Waals surface area (Å²) in [7, 11) is 0. The van der Waals surface area contributed by atoms with Crippen molar-refractivity contribution in [3.8, 4) is 0 Å². The number of nitrogens with zero attached hydrogens (tertiary/aromatic N) is 4. The Morgan fingerprint density at radius 1 is 1.62 bits per heavy atom. The number of aliphatic hydroxyl groups excluding tert-OH is 1. The van der Waals surface area contributed by atoms with Crippen LogP contribution >= 0.6 is 0 Å². The standard InChI is InChI=1S/C11H14FN5O4/c1-2-5-3-17(11(20)14-9(5)19)10-7(12)8(15-16-13)6(4-18)21-10/h3,6-8,10,18H,2,4H2,1H3,(H,14,19,20)/t6-,7+,8-,10-/m1/s1. The summed E-state index contributed by atoms with van der Waals surface area (Å²) in [5.74, 6) is 0. The van der Waals surface area contributed by atoms with E-state index in [-0.39, 0.29) is 5.56 Å². The van der Waals surface area contributed by atoms with E-state index >= 15 is 0 Å². The highest BCUT2D eigenvalue weighted by Gasteiger charge is 2.45. The van der Waals surface area contributed by atoms with Gasteiger partial charge in [-0.25, -0.2) is 9.18 Å². The second-order valence-electron chi connectivity index (χ2n) is 4.56. The molecule has 1 aromatic rings. The molecule has 0 unspecified atom stereocenters. The molecule has 9 nitrogen and oxygen atoms in total. The molecule has 114 valence electrons. The van der Waals surface area contributed by atoms with Crippen molar-refractivity contribution in [3.63, 3.8) is 0 Å². The lowest BCUT2D eigenvalue weighted by atomic mass is 10.1.